The molecule has 2 heterocycles. The third kappa shape index (κ3) is 5.00. The molecule has 1 aromatic carbocycles. The van der Waals surface area contributed by atoms with Crippen molar-refractivity contribution >= 4 is 118 Å². The Morgan fingerprint density at radius 1 is 0.872 bits per heavy atom. The molecule has 0 unspecified atom stereocenters. The fraction of sp³-hybridized carbons (Fsp3) is 0.176. The Morgan fingerprint density at radius 3 is 1.85 bits per heavy atom. The number of H-pyrrole nitrogens is 2. The second kappa shape index (κ2) is 10.3. The Morgan fingerprint density at radius 2 is 1.38 bits per heavy atom. The molecule has 0 aliphatic heterocycles. The molecule has 0 saturated carbocycles. The summed E-state index contributed by atoms with van der Waals surface area (Å²) in [6.07, 6.45) is 0. The summed E-state index contributed by atoms with van der Waals surface area (Å²) in [7, 11) is 19.6. The molecule has 2 aromatic heterocycles. The average Bonchev–Trinajstić information content (AvgIpc) is 2.81. The summed E-state index contributed by atoms with van der Waals surface area (Å²) in [5, 5.41) is 18.7. The summed E-state index contributed by atoms with van der Waals surface area (Å²) in [5.41, 5.74) is -0.600. The predicted octanol–water partition coefficient (Wildman–Crippen LogP) is -10.5. The lowest BCUT2D eigenvalue weighted by Crippen LogP contribution is -2.58. The third-order valence-electron chi connectivity index (χ3n) is 7.79. The van der Waals surface area contributed by atoms with E-state index in [1.807, 2.05) is 0 Å². The number of hydrogen-bond donors (Lipinski definition) is 2. The molecule has 22 heteroatoms. The molecule has 188 valence electrons. The first kappa shape index (κ1) is 30.8. The van der Waals surface area contributed by atoms with Gasteiger partial charge in [-0.1, -0.05) is 28.5 Å². The number of nitrogens with zero attached hydrogens (tertiary/aromatic N) is 4. The minimum absolute atomic E-state index is 0.0577. The summed E-state index contributed by atoms with van der Waals surface area (Å²) >= 11 is 13.4. The van der Waals surface area contributed by atoms with Crippen LogP contribution in [0.15, 0.2) is 14.4 Å². The Hall–Kier alpha value is -2.77. The van der Waals surface area contributed by atoms with Crippen LogP contribution in [0.2, 0.25) is 20.3 Å². The summed E-state index contributed by atoms with van der Waals surface area (Å²) in [4.78, 5) is 39.7. The summed E-state index contributed by atoms with van der Waals surface area (Å²) < 4.78 is 7.04. The Bertz CT molecular complexity index is 1680. The maximum absolute atomic E-state index is 13.2. The number of benzene rings is 1. The Balaban J connectivity index is 2.29. The number of halogens is 2. The van der Waals surface area contributed by atoms with Gasteiger partial charge in [0.1, 0.15) is 37.5 Å². The largest absolute Gasteiger partial charge is 0.435 e. The van der Waals surface area contributed by atoms with Crippen LogP contribution in [0.4, 0.5) is 0 Å². The lowest BCUT2D eigenvalue weighted by atomic mass is 9.14. The van der Waals surface area contributed by atoms with E-state index < -0.39 is 22.3 Å². The first-order valence-corrected chi connectivity index (χ1v) is 12.9. The number of aromatic amines is 2. The predicted molar refractivity (Wildman–Crippen MR) is 182 cm³/mol. The zero-order valence-corrected chi connectivity index (χ0v) is 25.2. The molecule has 2 N–H and O–H groups in total. The van der Waals surface area contributed by atoms with Gasteiger partial charge in [-0.3, -0.25) is 14.6 Å². The second-order valence-corrected chi connectivity index (χ2v) is 12.5. The van der Waals surface area contributed by atoms with Crippen LogP contribution >= 0.6 is 23.2 Å². The van der Waals surface area contributed by atoms with Crippen molar-refractivity contribution in [3.63, 3.8) is 0 Å². The van der Waals surface area contributed by atoms with E-state index in [0.29, 0.717) is 22.0 Å². The first-order chi connectivity index (χ1) is 17.8. The number of hydrogen-bond acceptors (Lipinski definition) is 7. The highest BCUT2D eigenvalue weighted by atomic mass is 35.5. The minimum Gasteiger partial charge on any atom is -0.435 e. The SMILES string of the molecule is Bc1c(Cl)c(Oc2n[nH]c(=O)c(C(B)(C(B)(B)B)C(B)(B)B)c2B)c(Cl)c(B)c1-n1nc(C#N)c(=O)[nH]c1=O. The van der Waals surface area contributed by atoms with Gasteiger partial charge in [-0.25, -0.2) is 9.89 Å². The van der Waals surface area contributed by atoms with Gasteiger partial charge in [-0.05, 0) is 16.4 Å². The quantitative estimate of drug-likeness (QED) is 0.288. The smallest absolute Gasteiger partial charge is 0.349 e. The zero-order chi connectivity index (χ0) is 29.8. The van der Waals surface area contributed by atoms with Gasteiger partial charge < -0.3 is 4.74 Å². The van der Waals surface area contributed by atoms with Crippen molar-refractivity contribution in [2.75, 3.05) is 0 Å². The van der Waals surface area contributed by atoms with Crippen molar-refractivity contribution in [1.29, 1.82) is 5.26 Å². The lowest BCUT2D eigenvalue weighted by Gasteiger charge is -2.53. The molecule has 39 heavy (non-hydrogen) atoms. The van der Waals surface area contributed by atoms with Gasteiger partial charge in [0.05, 0.1) is 62.8 Å². The summed E-state index contributed by atoms with van der Waals surface area (Å²) in [6.45, 7) is 0. The second-order valence-electron chi connectivity index (χ2n) is 11.8. The van der Waals surface area contributed by atoms with Crippen LogP contribution in [-0.2, 0) is 5.31 Å². The van der Waals surface area contributed by atoms with Gasteiger partial charge in [-0.15, -0.1) is 20.4 Å². The maximum atomic E-state index is 13.2. The molecule has 0 aliphatic carbocycles. The molecule has 0 amide bonds. The summed E-state index contributed by atoms with van der Waals surface area (Å²) in [6, 6.07) is 1.65. The van der Waals surface area contributed by atoms with Crippen molar-refractivity contribution in [3.8, 4) is 23.4 Å². The fourth-order valence-corrected chi connectivity index (χ4v) is 5.64. The van der Waals surface area contributed by atoms with Gasteiger partial charge in [0.15, 0.2) is 5.75 Å². The first-order valence-electron chi connectivity index (χ1n) is 12.2. The molecule has 0 saturated heterocycles. The van der Waals surface area contributed by atoms with Crippen LogP contribution in [0, 0.1) is 11.3 Å². The molecule has 3 aromatic rings. The van der Waals surface area contributed by atoms with Gasteiger partial charge in [0, 0.05) is 5.56 Å². The van der Waals surface area contributed by atoms with Crippen molar-refractivity contribution in [3.05, 3.63) is 52.5 Å². The molecule has 0 fully saturated rings. The Kier molecular flexibility index (Phi) is 8.14. The highest BCUT2D eigenvalue weighted by Gasteiger charge is 2.49. The van der Waals surface area contributed by atoms with E-state index >= 15 is 0 Å². The van der Waals surface area contributed by atoms with Crippen LogP contribution in [-0.4, -0.2) is 103 Å². The Labute approximate surface area is 243 Å². The highest BCUT2D eigenvalue weighted by molar-refractivity contribution is 6.69. The van der Waals surface area contributed by atoms with Crippen molar-refractivity contribution in [2.24, 2.45) is 0 Å². The standard InChI is InChI=1S/C17H22B10Cl2N6O4/c18-4-3(15(21,16(22,23)24)17(25,26)27)12(37)32-33-13(4)39-10-7(28)5(19)9(6(20)8(10)29)35-14(38)31-11(36)2(1-30)34-35/h18-27H2,(H,32,37)(H,31,36,38). The molecule has 10 nitrogen and oxygen atoms in total. The molecule has 0 atom stereocenters. The van der Waals surface area contributed by atoms with Crippen LogP contribution in [0.1, 0.15) is 11.3 Å². The van der Waals surface area contributed by atoms with Crippen molar-refractivity contribution in [2.45, 2.75) is 15.5 Å². The van der Waals surface area contributed by atoms with E-state index in [2.05, 4.69) is 75.2 Å². The van der Waals surface area contributed by atoms with E-state index in [-0.39, 0.29) is 43.1 Å². The monoisotopic (exact) mass is 554 g/mol. The topological polar surface area (TPSA) is 147 Å². The van der Waals surface area contributed by atoms with Crippen LogP contribution < -0.4 is 37.9 Å². The van der Waals surface area contributed by atoms with E-state index in [0.717, 1.165) is 4.68 Å². The van der Waals surface area contributed by atoms with Crippen molar-refractivity contribution in [1.82, 2.24) is 25.0 Å². The number of aromatic nitrogens is 5. The number of nitrogens with one attached hydrogen (secondary N) is 2. The van der Waals surface area contributed by atoms with E-state index in [9.17, 15) is 19.6 Å². The van der Waals surface area contributed by atoms with Gasteiger partial charge >= 0.3 is 5.69 Å². The van der Waals surface area contributed by atoms with E-state index in [4.69, 9.17) is 27.9 Å². The lowest BCUT2D eigenvalue weighted by molar-refractivity contribution is 0.456. The highest BCUT2D eigenvalue weighted by Crippen LogP contribution is 2.48. The number of rotatable bonds is 6. The number of nitriles is 1. The third-order valence-corrected chi connectivity index (χ3v) is 8.70. The maximum Gasteiger partial charge on any atom is 0.349 e. The molecular formula is C17H22B10Cl2N6O4. The molecule has 3 rings (SSSR count). The molecule has 0 spiro atoms. The minimum atomic E-state index is -0.904. The summed E-state index contributed by atoms with van der Waals surface area (Å²) in [5.74, 6) is 0.183. The van der Waals surface area contributed by atoms with Gasteiger partial charge in [0.25, 0.3) is 11.1 Å². The normalized spacial score (nSPS) is 12.1. The van der Waals surface area contributed by atoms with Gasteiger partial charge in [0.2, 0.25) is 11.6 Å². The van der Waals surface area contributed by atoms with Crippen LogP contribution in [0.25, 0.3) is 5.69 Å². The molecular weight excluding hydrogens is 531 g/mol. The molecule has 0 radical (unpaired) electrons. The molecule has 0 aliphatic rings. The van der Waals surface area contributed by atoms with E-state index in [1.54, 1.807) is 29.6 Å². The van der Waals surface area contributed by atoms with Gasteiger partial charge in [-0.2, -0.15) is 9.94 Å². The number of ether oxygens (including phenoxy) is 1. The molecule has 0 bridgehead atoms. The average molecular weight is 553 g/mol. The zero-order valence-electron chi connectivity index (χ0n) is 23.7. The fourth-order valence-electron chi connectivity index (χ4n) is 5.15. The van der Waals surface area contributed by atoms with E-state index in [1.165, 1.54) is 0 Å². The van der Waals surface area contributed by atoms with Crippen molar-refractivity contribution < 1.29 is 4.74 Å². The van der Waals surface area contributed by atoms with Crippen LogP contribution in [0.3, 0.4) is 0 Å². The van der Waals surface area contributed by atoms with Crippen LogP contribution in [0.5, 0.6) is 11.6 Å².